The first-order chi connectivity index (χ1) is 9.29. The lowest BCUT2D eigenvalue weighted by atomic mass is 10.0. The van der Waals surface area contributed by atoms with Crippen molar-refractivity contribution in [3.8, 4) is 6.07 Å². The predicted molar refractivity (Wildman–Crippen MR) is 75.1 cm³/mol. The summed E-state index contributed by atoms with van der Waals surface area (Å²) in [5.74, 6) is 0.342. The Balaban J connectivity index is 2.10. The molecule has 1 heterocycles. The molecule has 0 amide bonds. The normalized spacial score (nSPS) is 15.5. The first kappa shape index (κ1) is 11.7. The Labute approximate surface area is 112 Å². The van der Waals surface area contributed by atoms with Crippen LogP contribution in [0.25, 0.3) is 10.8 Å². The SMILES string of the molecule is N#Cc1ccc(N2CCC(=O)CC2)c2ccccc12. The molecule has 2 aromatic rings. The van der Waals surface area contributed by atoms with E-state index in [4.69, 9.17) is 5.26 Å². The van der Waals surface area contributed by atoms with Crippen LogP contribution in [0.5, 0.6) is 0 Å². The van der Waals surface area contributed by atoms with Gasteiger partial charge in [0.05, 0.1) is 11.6 Å². The second-order valence-corrected chi connectivity index (χ2v) is 4.82. The van der Waals surface area contributed by atoms with Gasteiger partial charge >= 0.3 is 0 Å². The molecule has 19 heavy (non-hydrogen) atoms. The zero-order chi connectivity index (χ0) is 13.2. The summed E-state index contributed by atoms with van der Waals surface area (Å²) in [6, 6.07) is 14.1. The molecule has 0 saturated carbocycles. The molecular weight excluding hydrogens is 236 g/mol. The van der Waals surface area contributed by atoms with Gasteiger partial charge in [-0.1, -0.05) is 24.3 Å². The van der Waals surface area contributed by atoms with Crippen LogP contribution in [0.15, 0.2) is 36.4 Å². The summed E-state index contributed by atoms with van der Waals surface area (Å²) in [4.78, 5) is 13.6. The van der Waals surface area contributed by atoms with Gasteiger partial charge in [-0.25, -0.2) is 0 Å². The van der Waals surface area contributed by atoms with Crippen molar-refractivity contribution in [1.82, 2.24) is 0 Å². The standard InChI is InChI=1S/C16H14N2O/c17-11-12-5-6-16(15-4-2-1-3-14(12)15)18-9-7-13(19)8-10-18/h1-6H,7-10H2. The van der Waals surface area contributed by atoms with Crippen molar-refractivity contribution in [3.05, 3.63) is 42.0 Å². The maximum atomic E-state index is 11.3. The topological polar surface area (TPSA) is 44.1 Å². The number of piperidine rings is 1. The monoisotopic (exact) mass is 250 g/mol. The fraction of sp³-hybridized carbons (Fsp3) is 0.250. The molecule has 1 aliphatic rings. The van der Waals surface area contributed by atoms with Gasteiger partial charge in [-0.2, -0.15) is 5.26 Å². The minimum Gasteiger partial charge on any atom is -0.370 e. The van der Waals surface area contributed by atoms with Crippen molar-refractivity contribution >= 4 is 22.2 Å². The van der Waals surface area contributed by atoms with Crippen LogP contribution in [0.4, 0.5) is 5.69 Å². The molecule has 0 unspecified atom stereocenters. The average Bonchev–Trinajstić information content (AvgIpc) is 2.47. The number of ketones is 1. The number of fused-ring (bicyclic) bond motifs is 1. The Morgan fingerprint density at radius 2 is 1.68 bits per heavy atom. The highest BCUT2D eigenvalue weighted by Gasteiger charge is 2.18. The fourth-order valence-corrected chi connectivity index (χ4v) is 2.65. The number of nitriles is 1. The molecule has 0 bridgehead atoms. The van der Waals surface area contributed by atoms with E-state index in [0.717, 1.165) is 29.5 Å². The Morgan fingerprint density at radius 1 is 1.00 bits per heavy atom. The number of anilines is 1. The van der Waals surface area contributed by atoms with E-state index in [1.807, 2.05) is 36.4 Å². The van der Waals surface area contributed by atoms with Crippen molar-refractivity contribution < 1.29 is 4.79 Å². The van der Waals surface area contributed by atoms with Crippen molar-refractivity contribution in [2.75, 3.05) is 18.0 Å². The van der Waals surface area contributed by atoms with Crippen molar-refractivity contribution in [1.29, 1.82) is 5.26 Å². The highest BCUT2D eigenvalue weighted by Crippen LogP contribution is 2.30. The van der Waals surface area contributed by atoms with Crippen LogP contribution in [0, 0.1) is 11.3 Å². The van der Waals surface area contributed by atoms with Gasteiger partial charge in [0.25, 0.3) is 0 Å². The lowest BCUT2D eigenvalue weighted by molar-refractivity contribution is -0.119. The van der Waals surface area contributed by atoms with Crippen LogP contribution in [0.3, 0.4) is 0 Å². The Bertz CT molecular complexity index is 675. The number of hydrogen-bond donors (Lipinski definition) is 0. The van der Waals surface area contributed by atoms with Gasteiger partial charge in [-0.05, 0) is 12.1 Å². The van der Waals surface area contributed by atoms with Gasteiger partial charge < -0.3 is 4.90 Å². The zero-order valence-corrected chi connectivity index (χ0v) is 10.6. The van der Waals surface area contributed by atoms with Crippen molar-refractivity contribution in [2.24, 2.45) is 0 Å². The number of Topliss-reactive ketones (excluding diaryl/α,β-unsaturated/α-hetero) is 1. The first-order valence-electron chi connectivity index (χ1n) is 6.48. The van der Waals surface area contributed by atoms with Gasteiger partial charge in [0, 0.05) is 42.4 Å². The number of benzene rings is 2. The predicted octanol–water partition coefficient (Wildman–Crippen LogP) is 2.88. The molecule has 3 rings (SSSR count). The summed E-state index contributed by atoms with van der Waals surface area (Å²) in [5, 5.41) is 11.2. The van der Waals surface area contributed by atoms with Crippen LogP contribution < -0.4 is 4.90 Å². The fourth-order valence-electron chi connectivity index (χ4n) is 2.65. The van der Waals surface area contributed by atoms with Gasteiger partial charge in [0.15, 0.2) is 0 Å². The largest absolute Gasteiger partial charge is 0.370 e. The maximum Gasteiger partial charge on any atom is 0.136 e. The number of carbonyl (C=O) groups excluding carboxylic acids is 1. The molecule has 0 aliphatic carbocycles. The van der Waals surface area contributed by atoms with Crippen molar-refractivity contribution in [2.45, 2.75) is 12.8 Å². The number of hydrogen-bond acceptors (Lipinski definition) is 3. The molecular formula is C16H14N2O. The summed E-state index contributed by atoms with van der Waals surface area (Å²) in [7, 11) is 0. The lowest BCUT2D eigenvalue weighted by Gasteiger charge is -2.29. The number of nitrogens with zero attached hydrogens (tertiary/aromatic N) is 2. The second-order valence-electron chi connectivity index (χ2n) is 4.82. The van der Waals surface area contributed by atoms with E-state index in [2.05, 4.69) is 11.0 Å². The van der Waals surface area contributed by atoms with E-state index >= 15 is 0 Å². The van der Waals surface area contributed by atoms with Gasteiger partial charge in [-0.15, -0.1) is 0 Å². The minimum absolute atomic E-state index is 0.342. The third-order valence-electron chi connectivity index (χ3n) is 3.68. The molecule has 0 N–H and O–H groups in total. The van der Waals surface area contributed by atoms with Gasteiger partial charge in [0.1, 0.15) is 5.78 Å². The molecule has 3 nitrogen and oxygen atoms in total. The molecule has 0 aromatic heterocycles. The Kier molecular flexibility index (Phi) is 2.92. The van der Waals surface area contributed by atoms with Gasteiger partial charge in [0.2, 0.25) is 0 Å². The summed E-state index contributed by atoms with van der Waals surface area (Å²) in [5.41, 5.74) is 1.83. The average molecular weight is 250 g/mol. The van der Waals surface area contributed by atoms with E-state index in [0.29, 0.717) is 24.2 Å². The van der Waals surface area contributed by atoms with E-state index in [1.54, 1.807) is 0 Å². The molecule has 1 fully saturated rings. The smallest absolute Gasteiger partial charge is 0.136 e. The minimum atomic E-state index is 0.342. The molecule has 0 radical (unpaired) electrons. The third kappa shape index (κ3) is 2.06. The summed E-state index contributed by atoms with van der Waals surface area (Å²) in [6.45, 7) is 1.55. The van der Waals surface area contributed by atoms with Crippen LogP contribution in [-0.2, 0) is 4.79 Å². The van der Waals surface area contributed by atoms with E-state index in [9.17, 15) is 4.79 Å². The van der Waals surface area contributed by atoms with E-state index in [1.165, 1.54) is 0 Å². The van der Waals surface area contributed by atoms with Crippen LogP contribution in [-0.4, -0.2) is 18.9 Å². The number of carbonyl (C=O) groups is 1. The number of rotatable bonds is 1. The lowest BCUT2D eigenvalue weighted by Crippen LogP contribution is -2.33. The van der Waals surface area contributed by atoms with Crippen LogP contribution in [0.2, 0.25) is 0 Å². The highest BCUT2D eigenvalue weighted by atomic mass is 16.1. The summed E-state index contributed by atoms with van der Waals surface area (Å²) in [6.07, 6.45) is 1.24. The molecule has 0 spiro atoms. The first-order valence-corrected chi connectivity index (χ1v) is 6.48. The molecule has 3 heteroatoms. The Hall–Kier alpha value is -2.34. The molecule has 0 atom stereocenters. The highest BCUT2D eigenvalue weighted by molar-refractivity contribution is 5.98. The third-order valence-corrected chi connectivity index (χ3v) is 3.68. The van der Waals surface area contributed by atoms with Gasteiger partial charge in [-0.3, -0.25) is 4.79 Å². The maximum absolute atomic E-state index is 11.3. The zero-order valence-electron chi connectivity index (χ0n) is 10.6. The van der Waals surface area contributed by atoms with Crippen molar-refractivity contribution in [3.63, 3.8) is 0 Å². The van der Waals surface area contributed by atoms with E-state index in [-0.39, 0.29) is 0 Å². The molecule has 94 valence electrons. The van der Waals surface area contributed by atoms with Crippen LogP contribution >= 0.6 is 0 Å². The van der Waals surface area contributed by atoms with Crippen LogP contribution in [0.1, 0.15) is 18.4 Å². The molecule has 2 aromatic carbocycles. The summed E-state index contributed by atoms with van der Waals surface area (Å²) >= 11 is 0. The summed E-state index contributed by atoms with van der Waals surface area (Å²) < 4.78 is 0. The Morgan fingerprint density at radius 3 is 2.37 bits per heavy atom. The quantitative estimate of drug-likeness (QED) is 0.781. The molecule has 1 aliphatic heterocycles. The second kappa shape index (κ2) is 4.74. The molecule has 1 saturated heterocycles. The van der Waals surface area contributed by atoms with E-state index < -0.39 is 0 Å².